The predicted octanol–water partition coefficient (Wildman–Crippen LogP) is 2.63. The molecule has 1 aromatic rings. The molecule has 0 saturated carbocycles. The number of hydrogen-bond acceptors (Lipinski definition) is 2. The molecule has 86 valence electrons. The third kappa shape index (κ3) is 1.91. The highest BCUT2D eigenvalue weighted by Crippen LogP contribution is 2.28. The number of fused-ring (bicyclic) bond motifs is 1. The van der Waals surface area contributed by atoms with E-state index in [2.05, 4.69) is 17.1 Å². The SMILES string of the molecule is O=C1CC2CC=CCN2C=C1c1ccccc1. The fourth-order valence-corrected chi connectivity index (χ4v) is 2.51. The maximum absolute atomic E-state index is 12.1. The van der Waals surface area contributed by atoms with Crippen LogP contribution in [0.25, 0.3) is 5.57 Å². The minimum Gasteiger partial charge on any atom is -0.369 e. The van der Waals surface area contributed by atoms with Gasteiger partial charge in [0.1, 0.15) is 0 Å². The molecule has 0 saturated heterocycles. The van der Waals surface area contributed by atoms with E-state index in [4.69, 9.17) is 0 Å². The number of ketones is 1. The zero-order valence-electron chi connectivity index (χ0n) is 9.67. The van der Waals surface area contributed by atoms with Gasteiger partial charge in [0.15, 0.2) is 5.78 Å². The summed E-state index contributed by atoms with van der Waals surface area (Å²) in [7, 11) is 0. The van der Waals surface area contributed by atoms with E-state index in [0.717, 1.165) is 24.1 Å². The largest absolute Gasteiger partial charge is 0.369 e. The van der Waals surface area contributed by atoms with Crippen LogP contribution in [0.5, 0.6) is 0 Å². The van der Waals surface area contributed by atoms with E-state index < -0.39 is 0 Å². The van der Waals surface area contributed by atoms with Crippen molar-refractivity contribution in [3.05, 3.63) is 54.2 Å². The average Bonchev–Trinajstić information content (AvgIpc) is 2.39. The van der Waals surface area contributed by atoms with Gasteiger partial charge in [-0.15, -0.1) is 0 Å². The lowest BCUT2D eigenvalue weighted by molar-refractivity contribution is -0.115. The van der Waals surface area contributed by atoms with Crippen molar-refractivity contribution in [2.24, 2.45) is 0 Å². The van der Waals surface area contributed by atoms with E-state index in [-0.39, 0.29) is 5.78 Å². The van der Waals surface area contributed by atoms with Crippen molar-refractivity contribution >= 4 is 11.4 Å². The smallest absolute Gasteiger partial charge is 0.166 e. The van der Waals surface area contributed by atoms with Gasteiger partial charge in [-0.05, 0) is 12.0 Å². The summed E-state index contributed by atoms with van der Waals surface area (Å²) in [4.78, 5) is 14.4. The highest BCUT2D eigenvalue weighted by atomic mass is 16.1. The van der Waals surface area contributed by atoms with Gasteiger partial charge < -0.3 is 4.90 Å². The molecule has 2 heteroatoms. The van der Waals surface area contributed by atoms with Gasteiger partial charge in [-0.1, -0.05) is 42.5 Å². The maximum Gasteiger partial charge on any atom is 0.166 e. The standard InChI is InChI=1S/C15H15NO/c17-15-10-13-8-4-5-9-16(13)11-14(15)12-6-2-1-3-7-12/h1-7,11,13H,8-10H2. The molecular formula is C15H15NO. The third-order valence-corrected chi connectivity index (χ3v) is 3.46. The molecule has 0 amide bonds. The molecule has 1 aromatic carbocycles. The molecule has 0 bridgehead atoms. The Hall–Kier alpha value is -1.83. The summed E-state index contributed by atoms with van der Waals surface area (Å²) < 4.78 is 0. The minimum atomic E-state index is 0.271. The number of hydrogen-bond donors (Lipinski definition) is 0. The van der Waals surface area contributed by atoms with Crippen molar-refractivity contribution in [1.29, 1.82) is 0 Å². The van der Waals surface area contributed by atoms with E-state index in [9.17, 15) is 4.79 Å². The zero-order chi connectivity index (χ0) is 11.7. The van der Waals surface area contributed by atoms with Gasteiger partial charge in [-0.25, -0.2) is 0 Å². The zero-order valence-corrected chi connectivity index (χ0v) is 9.67. The van der Waals surface area contributed by atoms with E-state index in [1.165, 1.54) is 0 Å². The molecule has 2 aliphatic rings. The maximum atomic E-state index is 12.1. The Bertz CT molecular complexity index is 487. The van der Waals surface area contributed by atoms with Crippen molar-refractivity contribution in [2.45, 2.75) is 18.9 Å². The van der Waals surface area contributed by atoms with Crippen LogP contribution in [-0.2, 0) is 4.79 Å². The van der Waals surface area contributed by atoms with Gasteiger partial charge in [-0.2, -0.15) is 0 Å². The minimum absolute atomic E-state index is 0.271. The van der Waals surface area contributed by atoms with Crippen LogP contribution in [0.3, 0.4) is 0 Å². The highest BCUT2D eigenvalue weighted by Gasteiger charge is 2.28. The van der Waals surface area contributed by atoms with Crippen molar-refractivity contribution in [3.8, 4) is 0 Å². The summed E-state index contributed by atoms with van der Waals surface area (Å²) >= 11 is 0. The second-order valence-corrected chi connectivity index (χ2v) is 4.59. The number of allylic oxidation sites excluding steroid dienone is 1. The summed E-state index contributed by atoms with van der Waals surface area (Å²) in [5, 5.41) is 0. The lowest BCUT2D eigenvalue weighted by Crippen LogP contribution is -2.38. The lowest BCUT2D eigenvalue weighted by Gasteiger charge is -2.35. The monoisotopic (exact) mass is 225 g/mol. The fourth-order valence-electron chi connectivity index (χ4n) is 2.51. The van der Waals surface area contributed by atoms with Crippen LogP contribution in [0.2, 0.25) is 0 Å². The van der Waals surface area contributed by atoms with Gasteiger partial charge in [-0.3, -0.25) is 4.79 Å². The van der Waals surface area contributed by atoms with Crippen LogP contribution >= 0.6 is 0 Å². The van der Waals surface area contributed by atoms with Gasteiger partial charge in [0.05, 0.1) is 0 Å². The van der Waals surface area contributed by atoms with E-state index >= 15 is 0 Å². The molecule has 2 heterocycles. The predicted molar refractivity (Wildman–Crippen MR) is 68.3 cm³/mol. The first kappa shape index (κ1) is 10.3. The Labute approximate surface area is 101 Å². The topological polar surface area (TPSA) is 20.3 Å². The van der Waals surface area contributed by atoms with Gasteiger partial charge in [0.2, 0.25) is 0 Å². The van der Waals surface area contributed by atoms with E-state index in [0.29, 0.717) is 12.5 Å². The van der Waals surface area contributed by atoms with E-state index in [1.54, 1.807) is 0 Å². The Kier molecular flexibility index (Phi) is 2.56. The lowest BCUT2D eigenvalue weighted by atomic mass is 9.91. The molecule has 0 spiro atoms. The molecule has 2 nitrogen and oxygen atoms in total. The van der Waals surface area contributed by atoms with Gasteiger partial charge >= 0.3 is 0 Å². The summed E-state index contributed by atoms with van der Waals surface area (Å²) in [6.45, 7) is 0.925. The number of carbonyl (C=O) groups excluding carboxylic acids is 1. The van der Waals surface area contributed by atoms with Crippen LogP contribution in [0.1, 0.15) is 18.4 Å². The second kappa shape index (κ2) is 4.21. The Morgan fingerprint density at radius 1 is 1.12 bits per heavy atom. The Morgan fingerprint density at radius 3 is 2.76 bits per heavy atom. The number of rotatable bonds is 1. The van der Waals surface area contributed by atoms with Crippen LogP contribution in [0, 0.1) is 0 Å². The molecular weight excluding hydrogens is 210 g/mol. The molecule has 3 rings (SSSR count). The molecule has 0 radical (unpaired) electrons. The molecule has 1 unspecified atom stereocenters. The first-order valence-corrected chi connectivity index (χ1v) is 6.06. The highest BCUT2D eigenvalue weighted by molar-refractivity contribution is 6.21. The fraction of sp³-hybridized carbons (Fsp3) is 0.267. The summed E-state index contributed by atoms with van der Waals surface area (Å²) in [5.41, 5.74) is 1.89. The van der Waals surface area contributed by atoms with Crippen molar-refractivity contribution in [3.63, 3.8) is 0 Å². The molecule has 1 atom stereocenters. The van der Waals surface area contributed by atoms with Crippen molar-refractivity contribution in [2.75, 3.05) is 6.54 Å². The first-order valence-electron chi connectivity index (χ1n) is 6.06. The Balaban J connectivity index is 1.97. The van der Waals surface area contributed by atoms with Crippen LogP contribution in [-0.4, -0.2) is 23.3 Å². The summed E-state index contributed by atoms with van der Waals surface area (Å²) in [6.07, 6.45) is 8.02. The van der Waals surface area contributed by atoms with Crippen LogP contribution < -0.4 is 0 Å². The average molecular weight is 225 g/mol. The normalized spacial score (nSPS) is 23.3. The Morgan fingerprint density at radius 2 is 1.94 bits per heavy atom. The van der Waals surface area contributed by atoms with Gasteiger partial charge in [0.25, 0.3) is 0 Å². The van der Waals surface area contributed by atoms with Crippen molar-refractivity contribution < 1.29 is 4.79 Å². The summed E-state index contributed by atoms with van der Waals surface area (Å²) in [6, 6.07) is 10.3. The van der Waals surface area contributed by atoms with Gasteiger partial charge in [0, 0.05) is 30.8 Å². The molecule has 0 N–H and O–H groups in total. The number of benzene rings is 1. The van der Waals surface area contributed by atoms with E-state index in [1.807, 2.05) is 36.5 Å². The molecule has 0 aromatic heterocycles. The first-order chi connectivity index (χ1) is 8.34. The molecule has 0 fully saturated rings. The number of Topliss-reactive ketones (excluding diaryl/α,β-unsaturated/α-hetero) is 1. The third-order valence-electron chi connectivity index (χ3n) is 3.46. The molecule has 0 aliphatic carbocycles. The van der Waals surface area contributed by atoms with Crippen LogP contribution in [0.4, 0.5) is 0 Å². The van der Waals surface area contributed by atoms with Crippen molar-refractivity contribution in [1.82, 2.24) is 4.90 Å². The quantitative estimate of drug-likeness (QED) is 0.685. The molecule has 17 heavy (non-hydrogen) atoms. The number of carbonyl (C=O) groups is 1. The van der Waals surface area contributed by atoms with Crippen LogP contribution in [0.15, 0.2) is 48.7 Å². The molecule has 2 aliphatic heterocycles. The summed E-state index contributed by atoms with van der Waals surface area (Å²) in [5.74, 6) is 0.271. The second-order valence-electron chi connectivity index (χ2n) is 4.59. The number of nitrogens with zero attached hydrogens (tertiary/aromatic N) is 1.